The van der Waals surface area contributed by atoms with Gasteiger partial charge < -0.3 is 9.64 Å². The lowest BCUT2D eigenvalue weighted by Gasteiger charge is -2.32. The van der Waals surface area contributed by atoms with Gasteiger partial charge in [0, 0.05) is 48.9 Å². The molecule has 1 aliphatic rings. The molecule has 0 radical (unpaired) electrons. The first-order valence-corrected chi connectivity index (χ1v) is 7.72. The highest BCUT2D eigenvalue weighted by Gasteiger charge is 2.24. The van der Waals surface area contributed by atoms with Gasteiger partial charge in [-0.15, -0.1) is 0 Å². The third-order valence-electron chi connectivity index (χ3n) is 3.77. The summed E-state index contributed by atoms with van der Waals surface area (Å²) in [5, 5.41) is 0.699. The number of pyridine rings is 1. The van der Waals surface area contributed by atoms with E-state index in [-0.39, 0.29) is 12.0 Å². The number of hydrogen-bond donors (Lipinski definition) is 0. The van der Waals surface area contributed by atoms with Gasteiger partial charge in [0.05, 0.1) is 0 Å². The maximum atomic E-state index is 12.3. The van der Waals surface area contributed by atoms with Gasteiger partial charge in [-0.05, 0) is 36.4 Å². The van der Waals surface area contributed by atoms with Crippen molar-refractivity contribution in [2.45, 2.75) is 18.9 Å². The first kappa shape index (κ1) is 14.9. The minimum absolute atomic E-state index is 0.0624. The maximum Gasteiger partial charge on any atom is 0.253 e. The predicted molar refractivity (Wildman–Crippen MR) is 85.2 cm³/mol. The van der Waals surface area contributed by atoms with Crippen LogP contribution in [-0.4, -0.2) is 35.0 Å². The fraction of sp³-hybridized carbons (Fsp3) is 0.294. The van der Waals surface area contributed by atoms with E-state index >= 15 is 0 Å². The second kappa shape index (κ2) is 6.79. The summed E-state index contributed by atoms with van der Waals surface area (Å²) >= 11 is 5.86. The Morgan fingerprint density at radius 3 is 2.36 bits per heavy atom. The summed E-state index contributed by atoms with van der Waals surface area (Å²) in [5.74, 6) is 0.885. The number of nitrogens with zero attached hydrogens (tertiary/aromatic N) is 2. The molecular formula is C17H17ClN2O2. The van der Waals surface area contributed by atoms with Crippen molar-refractivity contribution in [3.63, 3.8) is 0 Å². The van der Waals surface area contributed by atoms with Gasteiger partial charge in [-0.25, -0.2) is 0 Å². The molecule has 114 valence electrons. The molecule has 2 aromatic rings. The molecule has 1 aromatic carbocycles. The molecular weight excluding hydrogens is 300 g/mol. The molecule has 3 rings (SSSR count). The van der Waals surface area contributed by atoms with Crippen molar-refractivity contribution >= 4 is 17.5 Å². The van der Waals surface area contributed by atoms with Gasteiger partial charge in [0.25, 0.3) is 5.91 Å². The van der Waals surface area contributed by atoms with Gasteiger partial charge in [0.15, 0.2) is 0 Å². The zero-order chi connectivity index (χ0) is 15.4. The van der Waals surface area contributed by atoms with E-state index in [1.165, 1.54) is 0 Å². The highest BCUT2D eigenvalue weighted by Crippen LogP contribution is 2.21. The molecule has 0 atom stereocenters. The lowest BCUT2D eigenvalue weighted by Crippen LogP contribution is -2.41. The molecule has 0 bridgehead atoms. The van der Waals surface area contributed by atoms with Crippen LogP contribution in [0.25, 0.3) is 0 Å². The predicted octanol–water partition coefficient (Wildman–Crippen LogP) is 3.42. The summed E-state index contributed by atoms with van der Waals surface area (Å²) in [5.41, 5.74) is 0.687. The topological polar surface area (TPSA) is 42.4 Å². The monoisotopic (exact) mass is 316 g/mol. The Hall–Kier alpha value is -2.07. The van der Waals surface area contributed by atoms with Crippen LogP contribution in [0.3, 0.4) is 0 Å². The standard InChI is InChI=1S/C17H17ClN2O2/c18-14-1-3-15(4-2-14)22-16-7-11-20(12-8-16)17(21)13-5-9-19-10-6-13/h1-6,9-10,16H,7-8,11-12H2. The number of carbonyl (C=O) groups is 1. The van der Waals surface area contributed by atoms with Crippen molar-refractivity contribution < 1.29 is 9.53 Å². The average molecular weight is 317 g/mol. The summed E-state index contributed by atoms with van der Waals surface area (Å²) in [6, 6.07) is 10.9. The van der Waals surface area contributed by atoms with Gasteiger partial charge in [0.1, 0.15) is 11.9 Å². The van der Waals surface area contributed by atoms with Crippen LogP contribution in [0.1, 0.15) is 23.2 Å². The molecule has 1 amide bonds. The maximum absolute atomic E-state index is 12.3. The molecule has 1 aromatic heterocycles. The van der Waals surface area contributed by atoms with Crippen molar-refractivity contribution in [2.24, 2.45) is 0 Å². The molecule has 0 N–H and O–H groups in total. The molecule has 22 heavy (non-hydrogen) atoms. The van der Waals surface area contributed by atoms with Crippen molar-refractivity contribution in [3.8, 4) is 5.75 Å². The van der Waals surface area contributed by atoms with Crippen LogP contribution in [0.5, 0.6) is 5.75 Å². The third-order valence-corrected chi connectivity index (χ3v) is 4.02. The normalized spacial score (nSPS) is 15.6. The molecule has 0 aliphatic carbocycles. The van der Waals surface area contributed by atoms with Crippen molar-refractivity contribution in [2.75, 3.05) is 13.1 Å². The Morgan fingerprint density at radius 2 is 1.73 bits per heavy atom. The van der Waals surface area contributed by atoms with Crippen LogP contribution in [0.2, 0.25) is 5.02 Å². The highest BCUT2D eigenvalue weighted by atomic mass is 35.5. The largest absolute Gasteiger partial charge is 0.490 e. The lowest BCUT2D eigenvalue weighted by molar-refractivity contribution is 0.0595. The van der Waals surface area contributed by atoms with E-state index in [0.717, 1.165) is 18.6 Å². The number of ether oxygens (including phenoxy) is 1. The number of benzene rings is 1. The molecule has 1 fully saturated rings. The first-order chi connectivity index (χ1) is 10.7. The number of hydrogen-bond acceptors (Lipinski definition) is 3. The SMILES string of the molecule is O=C(c1ccncc1)N1CCC(Oc2ccc(Cl)cc2)CC1. The van der Waals surface area contributed by atoms with Gasteiger partial charge in [-0.1, -0.05) is 11.6 Å². The van der Waals surface area contributed by atoms with E-state index in [2.05, 4.69) is 4.98 Å². The fourth-order valence-corrected chi connectivity index (χ4v) is 2.69. The molecule has 2 heterocycles. The number of carbonyl (C=O) groups excluding carboxylic acids is 1. The smallest absolute Gasteiger partial charge is 0.253 e. The quantitative estimate of drug-likeness (QED) is 0.871. The number of amides is 1. The van der Waals surface area contributed by atoms with E-state index < -0.39 is 0 Å². The number of aromatic nitrogens is 1. The number of halogens is 1. The minimum atomic E-state index is 0.0624. The van der Waals surface area contributed by atoms with Crippen molar-refractivity contribution in [1.29, 1.82) is 0 Å². The van der Waals surface area contributed by atoms with E-state index in [4.69, 9.17) is 16.3 Å². The van der Waals surface area contributed by atoms with Gasteiger partial charge in [0.2, 0.25) is 0 Å². The van der Waals surface area contributed by atoms with Gasteiger partial charge in [-0.3, -0.25) is 9.78 Å². The number of rotatable bonds is 3. The van der Waals surface area contributed by atoms with Crippen molar-refractivity contribution in [3.05, 3.63) is 59.4 Å². The number of piperidine rings is 1. The summed E-state index contributed by atoms with van der Waals surface area (Å²) in [4.78, 5) is 18.2. The minimum Gasteiger partial charge on any atom is -0.490 e. The lowest BCUT2D eigenvalue weighted by atomic mass is 10.1. The van der Waals surface area contributed by atoms with E-state index in [1.807, 2.05) is 29.2 Å². The molecule has 4 nitrogen and oxygen atoms in total. The molecule has 0 saturated carbocycles. The van der Waals surface area contributed by atoms with E-state index in [9.17, 15) is 4.79 Å². The zero-order valence-electron chi connectivity index (χ0n) is 12.1. The molecule has 0 unspecified atom stereocenters. The Balaban J connectivity index is 1.54. The van der Waals surface area contributed by atoms with Crippen LogP contribution in [0.15, 0.2) is 48.8 Å². The zero-order valence-corrected chi connectivity index (χ0v) is 12.9. The summed E-state index contributed by atoms with van der Waals surface area (Å²) in [6.45, 7) is 1.42. The Kier molecular flexibility index (Phi) is 4.59. The summed E-state index contributed by atoms with van der Waals surface area (Å²) in [7, 11) is 0. The van der Waals surface area contributed by atoms with Crippen molar-refractivity contribution in [1.82, 2.24) is 9.88 Å². The van der Waals surface area contributed by atoms with Crippen LogP contribution in [-0.2, 0) is 0 Å². The average Bonchev–Trinajstić information content (AvgIpc) is 2.58. The fourth-order valence-electron chi connectivity index (χ4n) is 2.56. The summed E-state index contributed by atoms with van der Waals surface area (Å²) < 4.78 is 5.94. The molecule has 1 aliphatic heterocycles. The van der Waals surface area contributed by atoms with E-state index in [0.29, 0.717) is 23.7 Å². The molecule has 0 spiro atoms. The Morgan fingerprint density at radius 1 is 1.09 bits per heavy atom. The van der Waals surface area contributed by atoms with Crippen LogP contribution < -0.4 is 4.74 Å². The Bertz CT molecular complexity index is 623. The van der Waals surface area contributed by atoms with E-state index in [1.54, 1.807) is 24.5 Å². The summed E-state index contributed by atoms with van der Waals surface area (Å²) in [6.07, 6.45) is 5.09. The van der Waals surface area contributed by atoms with Gasteiger partial charge in [-0.2, -0.15) is 0 Å². The molecule has 1 saturated heterocycles. The second-order valence-corrected chi connectivity index (χ2v) is 5.74. The van der Waals surface area contributed by atoms with Gasteiger partial charge >= 0.3 is 0 Å². The van der Waals surface area contributed by atoms with Crippen LogP contribution >= 0.6 is 11.6 Å². The second-order valence-electron chi connectivity index (χ2n) is 5.30. The Labute approximate surface area is 134 Å². The first-order valence-electron chi connectivity index (χ1n) is 7.34. The third kappa shape index (κ3) is 3.57. The number of likely N-dealkylation sites (tertiary alicyclic amines) is 1. The van der Waals surface area contributed by atoms with Crippen LogP contribution in [0.4, 0.5) is 0 Å². The highest BCUT2D eigenvalue weighted by molar-refractivity contribution is 6.30. The van der Waals surface area contributed by atoms with Crippen LogP contribution in [0, 0.1) is 0 Å². The molecule has 5 heteroatoms.